The number of rotatable bonds is 8. The fraction of sp³-hybridized carbons (Fsp3) is 0.0297. The Morgan fingerprint density at radius 2 is 0.633 bits per heavy atom. The van der Waals surface area contributed by atoms with Crippen LogP contribution in [0.2, 0.25) is 0 Å². The Morgan fingerprint density at radius 1 is 0.229 bits per heavy atom. The molecule has 8 nitrogen and oxygen atoms in total. The molecule has 7 heterocycles. The first-order valence-electron chi connectivity index (χ1n) is 37.5. The Balaban J connectivity index is 0.777. The van der Waals surface area contributed by atoms with E-state index in [9.17, 15) is 0 Å². The monoisotopic (exact) mass is 1390 g/mol. The maximum atomic E-state index is 6.35. The van der Waals surface area contributed by atoms with Crippen LogP contribution in [0, 0.1) is 0 Å². The Hall–Kier alpha value is -14.3. The summed E-state index contributed by atoms with van der Waals surface area (Å²) < 4.78 is 18.6. The number of hydrogen-bond acceptors (Lipinski definition) is 3. The zero-order valence-corrected chi connectivity index (χ0v) is 59.4. The molecule has 1 aliphatic rings. The van der Waals surface area contributed by atoms with Crippen molar-refractivity contribution in [1.82, 2.24) is 33.0 Å². The van der Waals surface area contributed by atoms with Crippen molar-refractivity contribution in [3.8, 4) is 73.1 Å². The van der Waals surface area contributed by atoms with Crippen LogP contribution in [-0.2, 0) is 5.41 Å². The van der Waals surface area contributed by atoms with E-state index in [1.165, 1.54) is 71.3 Å². The van der Waals surface area contributed by atoms with Gasteiger partial charge in [-0.3, -0.25) is 4.57 Å². The third-order valence-corrected chi connectivity index (χ3v) is 24.0. The van der Waals surface area contributed by atoms with Crippen molar-refractivity contribution in [2.24, 2.45) is 0 Å². The molecule has 24 rings (SSSR count). The molecule has 7 aromatic heterocycles. The highest BCUT2D eigenvalue weighted by atomic mass is 16.3. The molecule has 0 N–H and O–H groups in total. The molecule has 16 aromatic carbocycles. The van der Waals surface area contributed by atoms with Crippen molar-refractivity contribution in [2.75, 3.05) is 0 Å². The summed E-state index contributed by atoms with van der Waals surface area (Å²) in [5.41, 5.74) is 29.5. The Kier molecular flexibility index (Phi) is 12.3. The van der Waals surface area contributed by atoms with Gasteiger partial charge in [-0.1, -0.05) is 214 Å². The van der Waals surface area contributed by atoms with Crippen LogP contribution >= 0.6 is 0 Å². The van der Waals surface area contributed by atoms with Gasteiger partial charge in [-0.15, -0.1) is 10.2 Å². The van der Waals surface area contributed by atoms with Gasteiger partial charge < -0.3 is 22.7 Å². The van der Waals surface area contributed by atoms with E-state index < -0.39 is 0 Å². The standard InChI is InChI=1S/C101H63N7O/c1-101(2)84-31-15-9-25-69(84)77-58-81-73-29-12-18-34-89(73)107(96(81)59-85(77)101)99-83-57-68(43-46-86(83)102-103-100(99)108-90-35-19-13-28-72(90)80-51-60(41-49-93(80)108)63-42-50-98-82(54-63)76-30-14-20-36-97(76)109-98)106-94-55-64(61-39-47-91-78(52-61)70-26-10-16-32-87(70)104(91)66-21-5-3-6-22-66)37-44-74(94)75-45-38-65(56-95(75)106)62-40-48-92-79(53-62)71-27-11-17-33-88(71)105(92)67-23-7-4-8-24-67/h3-59H,1-2H3. The quantitative estimate of drug-likeness (QED) is 0.152. The molecule has 0 radical (unpaired) electrons. The number of benzene rings is 16. The van der Waals surface area contributed by atoms with Gasteiger partial charge in [-0.05, 0) is 201 Å². The van der Waals surface area contributed by atoms with Crippen LogP contribution in [0.15, 0.2) is 350 Å². The molecule has 23 aromatic rings. The zero-order chi connectivity index (χ0) is 71.5. The minimum Gasteiger partial charge on any atom is -0.456 e. The molecule has 8 heteroatoms. The second kappa shape index (κ2) is 22.4. The van der Waals surface area contributed by atoms with Crippen LogP contribution < -0.4 is 0 Å². The van der Waals surface area contributed by atoms with E-state index in [2.05, 4.69) is 370 Å². The van der Waals surface area contributed by atoms with E-state index >= 15 is 0 Å². The summed E-state index contributed by atoms with van der Waals surface area (Å²) in [5, 5.41) is 25.8. The van der Waals surface area contributed by atoms with Gasteiger partial charge in [0.2, 0.25) is 0 Å². The maximum absolute atomic E-state index is 6.35. The van der Waals surface area contributed by atoms with Gasteiger partial charge in [0, 0.05) is 92.5 Å². The van der Waals surface area contributed by atoms with Crippen molar-refractivity contribution < 1.29 is 4.42 Å². The van der Waals surface area contributed by atoms with Crippen LogP contribution in [0.25, 0.3) is 215 Å². The topological polar surface area (TPSA) is 63.6 Å². The zero-order valence-electron chi connectivity index (χ0n) is 59.4. The molecular weight excluding hydrogens is 1330 g/mol. The molecular formula is C101H63N7O. The predicted octanol–water partition coefficient (Wildman–Crippen LogP) is 26.3. The van der Waals surface area contributed by atoms with Crippen LogP contribution in [0.3, 0.4) is 0 Å². The molecule has 0 saturated heterocycles. The van der Waals surface area contributed by atoms with Gasteiger partial charge in [0.25, 0.3) is 0 Å². The molecule has 0 amide bonds. The molecule has 0 atom stereocenters. The highest BCUT2D eigenvalue weighted by molar-refractivity contribution is 6.18. The van der Waals surface area contributed by atoms with Crippen LogP contribution in [0.1, 0.15) is 25.0 Å². The van der Waals surface area contributed by atoms with Crippen LogP contribution in [-0.4, -0.2) is 33.0 Å². The van der Waals surface area contributed by atoms with Crippen LogP contribution in [0.4, 0.5) is 0 Å². The van der Waals surface area contributed by atoms with Gasteiger partial charge in [0.05, 0.1) is 60.7 Å². The van der Waals surface area contributed by atoms with E-state index in [1.54, 1.807) is 0 Å². The van der Waals surface area contributed by atoms with Gasteiger partial charge in [0.15, 0.2) is 5.82 Å². The largest absolute Gasteiger partial charge is 0.456 e. The summed E-state index contributed by atoms with van der Waals surface area (Å²) in [4.78, 5) is 0. The molecule has 0 bridgehead atoms. The smallest absolute Gasteiger partial charge is 0.185 e. The van der Waals surface area contributed by atoms with Crippen molar-refractivity contribution in [3.63, 3.8) is 0 Å². The summed E-state index contributed by atoms with van der Waals surface area (Å²) in [6.45, 7) is 4.76. The van der Waals surface area contributed by atoms with E-state index in [-0.39, 0.29) is 5.41 Å². The van der Waals surface area contributed by atoms with E-state index in [4.69, 9.17) is 14.6 Å². The second-order valence-electron chi connectivity index (χ2n) is 30.0. The number of para-hydroxylation sites is 7. The van der Waals surface area contributed by atoms with Gasteiger partial charge >= 0.3 is 0 Å². The fourth-order valence-electron chi connectivity index (χ4n) is 18.9. The van der Waals surface area contributed by atoms with E-state index in [1.807, 2.05) is 12.1 Å². The molecule has 0 saturated carbocycles. The number of aromatic nitrogens is 7. The Bertz CT molecular complexity index is 7670. The lowest BCUT2D eigenvalue weighted by atomic mass is 9.82. The van der Waals surface area contributed by atoms with E-state index in [0.717, 1.165) is 155 Å². The van der Waals surface area contributed by atoms with Crippen molar-refractivity contribution in [3.05, 3.63) is 357 Å². The third kappa shape index (κ3) is 8.53. The average Bonchev–Trinajstić information content (AvgIpc) is 1.55. The first kappa shape index (κ1) is 60.0. The summed E-state index contributed by atoms with van der Waals surface area (Å²) in [7, 11) is 0. The van der Waals surface area contributed by atoms with Gasteiger partial charge in [0.1, 0.15) is 16.9 Å². The number of fused-ring (bicyclic) bond motifs is 22. The highest BCUT2D eigenvalue weighted by Gasteiger charge is 2.37. The van der Waals surface area contributed by atoms with Crippen molar-refractivity contribution in [1.29, 1.82) is 0 Å². The SMILES string of the molecule is CC1(C)c2ccccc2-c2cc3c4ccccc4n(-c4c(-n5c6ccccc6c6cc(-c7ccc8oc9ccccc9c8c7)ccc65)nnc5ccc(-n6c7cc(-c8ccc9c(c8)c8ccccc8n9-c8ccccc8)ccc7c7ccc(-c8ccc9c(c8)c8ccccc8n9-c8ccccc8)cc76)cc45)c3cc21. The molecule has 0 aliphatic heterocycles. The average molecular weight is 1390 g/mol. The molecule has 0 fully saturated rings. The number of furan rings is 1. The summed E-state index contributed by atoms with van der Waals surface area (Å²) >= 11 is 0. The highest BCUT2D eigenvalue weighted by Crippen LogP contribution is 2.53. The first-order chi connectivity index (χ1) is 53.8. The predicted molar refractivity (Wildman–Crippen MR) is 452 cm³/mol. The maximum Gasteiger partial charge on any atom is 0.185 e. The Labute approximate surface area is 624 Å². The normalized spacial score (nSPS) is 12.9. The second-order valence-corrected chi connectivity index (χ2v) is 30.0. The third-order valence-electron chi connectivity index (χ3n) is 24.0. The lowest BCUT2D eigenvalue weighted by Crippen LogP contribution is -2.15. The first-order valence-corrected chi connectivity index (χ1v) is 37.5. The summed E-state index contributed by atoms with van der Waals surface area (Å²) in [6, 6.07) is 128. The lowest BCUT2D eigenvalue weighted by Gasteiger charge is -2.22. The molecule has 508 valence electrons. The van der Waals surface area contributed by atoms with Crippen molar-refractivity contribution in [2.45, 2.75) is 19.3 Å². The lowest BCUT2D eigenvalue weighted by molar-refractivity contribution is 0.661. The Morgan fingerprint density at radius 3 is 1.21 bits per heavy atom. The van der Waals surface area contributed by atoms with E-state index in [0.29, 0.717) is 0 Å². The van der Waals surface area contributed by atoms with Crippen molar-refractivity contribution >= 4 is 142 Å². The van der Waals surface area contributed by atoms with Gasteiger partial charge in [-0.25, -0.2) is 0 Å². The van der Waals surface area contributed by atoms with Crippen LogP contribution in [0.5, 0.6) is 0 Å². The molecule has 0 spiro atoms. The minimum absolute atomic E-state index is 0.274. The summed E-state index contributed by atoms with van der Waals surface area (Å²) in [6.07, 6.45) is 0. The molecule has 109 heavy (non-hydrogen) atoms. The minimum atomic E-state index is -0.274. The summed E-state index contributed by atoms with van der Waals surface area (Å²) in [5.74, 6) is 0.723. The fourth-order valence-corrected chi connectivity index (χ4v) is 18.9. The molecule has 0 unspecified atom stereocenters. The number of hydrogen-bond donors (Lipinski definition) is 0. The number of nitrogens with zero attached hydrogens (tertiary/aromatic N) is 7. The molecule has 1 aliphatic carbocycles. The van der Waals surface area contributed by atoms with Gasteiger partial charge in [-0.2, -0.15) is 0 Å².